The van der Waals surface area contributed by atoms with Crippen molar-refractivity contribution in [2.75, 3.05) is 26.2 Å². The zero-order valence-corrected chi connectivity index (χ0v) is 21.0. The molecule has 0 saturated heterocycles. The van der Waals surface area contributed by atoms with Crippen molar-refractivity contribution >= 4 is 64.3 Å². The Morgan fingerprint density at radius 3 is 2.32 bits per heavy atom. The normalized spacial score (nSPS) is 10.5. The van der Waals surface area contributed by atoms with Crippen LogP contribution in [0.4, 0.5) is 0 Å². The van der Waals surface area contributed by atoms with Gasteiger partial charge in [-0.05, 0) is 12.8 Å². The molecule has 0 saturated carbocycles. The summed E-state index contributed by atoms with van der Waals surface area (Å²) < 4.78 is 5.92. The van der Waals surface area contributed by atoms with Gasteiger partial charge in [0.25, 0.3) is 0 Å². The molecule has 10 heteroatoms. The zero-order chi connectivity index (χ0) is 15.5. The van der Waals surface area contributed by atoms with Gasteiger partial charge >= 0.3 is 65.1 Å². The van der Waals surface area contributed by atoms with Gasteiger partial charge < -0.3 is 64.6 Å². The Morgan fingerprint density at radius 2 is 1.86 bits per heavy atom. The minimum Gasteiger partial charge on any atom is -0.464 e. The van der Waals surface area contributed by atoms with E-state index in [1.165, 1.54) is 0 Å². The van der Waals surface area contributed by atoms with Crippen molar-refractivity contribution in [3.05, 3.63) is 0 Å². The maximum Gasteiger partial charge on any atom is 1.00 e. The molecule has 0 aliphatic heterocycles. The van der Waals surface area contributed by atoms with Gasteiger partial charge in [-0.1, -0.05) is 22.5 Å². The van der Waals surface area contributed by atoms with E-state index in [1.807, 2.05) is 18.7 Å². The van der Waals surface area contributed by atoms with Crippen molar-refractivity contribution in [3.8, 4) is 0 Å². The maximum atomic E-state index is 11.5. The molecule has 0 rings (SSSR count). The molecule has 0 fully saturated rings. The predicted molar refractivity (Wildman–Crippen MR) is 94.5 cm³/mol. The van der Waals surface area contributed by atoms with E-state index in [0.29, 0.717) is 34.9 Å². The maximum absolute atomic E-state index is 11.5. The van der Waals surface area contributed by atoms with Crippen molar-refractivity contribution in [2.45, 2.75) is 26.7 Å². The first-order valence-corrected chi connectivity index (χ1v) is 8.09. The Labute approximate surface area is 199 Å². The molecule has 1 N–H and O–H groups in total. The van der Waals surface area contributed by atoms with E-state index in [2.05, 4.69) is 5.32 Å². The first-order valence-electron chi connectivity index (χ1n) is 6.45. The van der Waals surface area contributed by atoms with Crippen LogP contribution in [0.5, 0.6) is 0 Å². The Kier molecular flexibility index (Phi) is 22.7. The second-order valence-corrected chi connectivity index (χ2v) is 6.40. The summed E-state index contributed by atoms with van der Waals surface area (Å²) in [5.41, 5.74) is 0. The number of thiocarbonyl (C=S) groups is 2. The van der Waals surface area contributed by atoms with Crippen molar-refractivity contribution in [1.29, 1.82) is 0 Å². The first kappa shape index (κ1) is 28.5. The third-order valence-corrected chi connectivity index (χ3v) is 3.56. The minimum absolute atomic E-state index is 0. The number of ether oxygens (including phenoxy) is 1. The van der Waals surface area contributed by atoms with Crippen molar-refractivity contribution < 1.29 is 68.6 Å². The molecule has 0 aliphatic carbocycles. The number of nitrogens with zero attached hydrogens (tertiary/aromatic N) is 1. The number of carbonyl (C=O) groups is 1. The van der Waals surface area contributed by atoms with Gasteiger partial charge in [0.1, 0.15) is 6.61 Å². The van der Waals surface area contributed by atoms with Gasteiger partial charge in [-0.2, -0.15) is 0 Å². The van der Waals surface area contributed by atoms with Crippen LogP contribution in [-0.4, -0.2) is 45.8 Å². The summed E-state index contributed by atoms with van der Waals surface area (Å²) in [7, 11) is 0. The molecule has 1 unspecified atom stereocenters. The van der Waals surface area contributed by atoms with Crippen molar-refractivity contribution in [3.63, 3.8) is 0 Å². The molecular formula is C12H20N2Na2O2S4. The number of hydrogen-bond acceptors (Lipinski definition) is 6. The summed E-state index contributed by atoms with van der Waals surface area (Å²) in [6.07, 6.45) is 1.58. The first-order chi connectivity index (χ1) is 9.38. The Morgan fingerprint density at radius 1 is 1.27 bits per heavy atom. The zero-order valence-electron chi connectivity index (χ0n) is 13.7. The SMILES string of the molecule is CCC(C)C(=O)OCCN(CCCNC(=S)[S-])C(=S)[S-].[Na+].[Na+]. The molecule has 0 aromatic carbocycles. The standard InChI is InChI=1S/C12H22N2O2S4.2Na/c1-3-9(2)10(15)16-8-7-14(12(19)20)6-4-5-13-11(17)18;;/h9H,3-8H2,1-2H3,(H,19,20)(H2,13,17,18);;/q;2*+1/p-2. The number of rotatable bonds is 9. The van der Waals surface area contributed by atoms with E-state index in [9.17, 15) is 4.79 Å². The van der Waals surface area contributed by atoms with Crippen LogP contribution in [0.2, 0.25) is 0 Å². The van der Waals surface area contributed by atoms with Crippen LogP contribution < -0.4 is 64.4 Å². The Hall–Kier alpha value is 1.69. The van der Waals surface area contributed by atoms with Crippen LogP contribution in [0.25, 0.3) is 0 Å². The van der Waals surface area contributed by atoms with E-state index in [-0.39, 0.29) is 71.0 Å². The van der Waals surface area contributed by atoms with Gasteiger partial charge in [-0.15, -0.1) is 0 Å². The second-order valence-electron chi connectivity index (χ2n) is 4.30. The van der Waals surface area contributed by atoms with Gasteiger partial charge in [0, 0.05) is 13.1 Å². The monoisotopic (exact) mass is 398 g/mol. The fourth-order valence-corrected chi connectivity index (χ4v) is 1.89. The average Bonchev–Trinajstić information content (AvgIpc) is 2.39. The molecule has 0 bridgehead atoms. The van der Waals surface area contributed by atoms with Gasteiger partial charge in [0.2, 0.25) is 0 Å². The molecule has 0 heterocycles. The fraction of sp³-hybridized carbons (Fsp3) is 0.750. The number of carbonyl (C=O) groups excluding carboxylic acids is 1. The third-order valence-electron chi connectivity index (χ3n) is 2.75. The molecule has 0 spiro atoms. The minimum atomic E-state index is -0.180. The molecule has 116 valence electrons. The van der Waals surface area contributed by atoms with Crippen LogP contribution in [0.15, 0.2) is 0 Å². The van der Waals surface area contributed by atoms with E-state index in [1.54, 1.807) is 0 Å². The van der Waals surface area contributed by atoms with E-state index < -0.39 is 0 Å². The quantitative estimate of drug-likeness (QED) is 0.137. The average molecular weight is 399 g/mol. The smallest absolute Gasteiger partial charge is 0.464 e. The number of hydrogen-bond donors (Lipinski definition) is 1. The van der Waals surface area contributed by atoms with Gasteiger partial charge in [0.05, 0.1) is 12.5 Å². The van der Waals surface area contributed by atoms with Crippen molar-refractivity contribution in [1.82, 2.24) is 10.2 Å². The summed E-state index contributed by atoms with van der Waals surface area (Å²) in [5, 5.41) is 2.89. The summed E-state index contributed by atoms with van der Waals surface area (Å²) in [6, 6.07) is 0. The Balaban J connectivity index is -0.00000180. The number of esters is 1. The molecule has 0 radical (unpaired) electrons. The van der Waals surface area contributed by atoms with Crippen LogP contribution >= 0.6 is 24.4 Å². The fourth-order valence-electron chi connectivity index (χ4n) is 1.32. The number of nitrogens with one attached hydrogen (secondary N) is 1. The van der Waals surface area contributed by atoms with Crippen LogP contribution in [-0.2, 0) is 34.8 Å². The third kappa shape index (κ3) is 15.2. The van der Waals surface area contributed by atoms with Crippen molar-refractivity contribution in [2.24, 2.45) is 5.92 Å². The van der Waals surface area contributed by atoms with E-state index >= 15 is 0 Å². The van der Waals surface area contributed by atoms with Crippen LogP contribution in [0.3, 0.4) is 0 Å². The molecule has 1 atom stereocenters. The second kappa shape index (κ2) is 17.5. The summed E-state index contributed by atoms with van der Waals surface area (Å²) in [4.78, 5) is 13.4. The molecule has 22 heavy (non-hydrogen) atoms. The van der Waals surface area contributed by atoms with Gasteiger partial charge in [-0.25, -0.2) is 0 Å². The van der Waals surface area contributed by atoms with Crippen LogP contribution in [0.1, 0.15) is 26.7 Å². The Bertz CT molecular complexity index is 349. The van der Waals surface area contributed by atoms with Gasteiger partial charge in [0.15, 0.2) is 0 Å². The summed E-state index contributed by atoms with van der Waals surface area (Å²) in [5.74, 6) is -0.253. The largest absolute Gasteiger partial charge is 1.00 e. The van der Waals surface area contributed by atoms with Crippen LogP contribution in [0, 0.1) is 5.92 Å². The van der Waals surface area contributed by atoms with E-state index in [0.717, 1.165) is 12.8 Å². The van der Waals surface area contributed by atoms with Gasteiger partial charge in [-0.3, -0.25) is 4.79 Å². The topological polar surface area (TPSA) is 41.6 Å². The summed E-state index contributed by atoms with van der Waals surface area (Å²) >= 11 is 19.5. The molecule has 0 amide bonds. The molecule has 0 aliphatic rings. The molecular weight excluding hydrogens is 378 g/mol. The molecule has 4 nitrogen and oxygen atoms in total. The van der Waals surface area contributed by atoms with E-state index in [4.69, 9.17) is 54.4 Å². The summed E-state index contributed by atoms with van der Waals surface area (Å²) in [6.45, 7) is 5.99. The molecule has 0 aromatic rings. The molecule has 0 aromatic heterocycles. The predicted octanol–water partition coefficient (Wildman–Crippen LogP) is -4.47.